The van der Waals surface area contributed by atoms with Crippen LogP contribution in [0.4, 0.5) is 0 Å². The molecule has 2 rings (SSSR count). The van der Waals surface area contributed by atoms with Gasteiger partial charge in [0.15, 0.2) is 0 Å². The van der Waals surface area contributed by atoms with Gasteiger partial charge < -0.3 is 10.2 Å². The number of hydrogen-bond donors (Lipinski definition) is 1. The number of halogens is 1. The lowest BCUT2D eigenvalue weighted by molar-refractivity contribution is -0.154. The first-order chi connectivity index (χ1) is 8.87. The maximum atomic E-state index is 12.5. The fraction of sp³-hybridized carbons (Fsp3) is 0.538. The number of hydrogen-bond acceptors (Lipinski definition) is 3. The highest BCUT2D eigenvalue weighted by Gasteiger charge is 2.45. The molecule has 0 radical (unpaired) electrons. The Morgan fingerprint density at radius 2 is 2.16 bits per heavy atom. The molecule has 1 aliphatic heterocycles. The highest BCUT2D eigenvalue weighted by molar-refractivity contribution is 7.16. The summed E-state index contributed by atoms with van der Waals surface area (Å²) in [5, 5.41) is 2.81. The van der Waals surface area contributed by atoms with Crippen LogP contribution in [0, 0.1) is 0 Å². The van der Waals surface area contributed by atoms with Gasteiger partial charge in [0.2, 0.25) is 11.8 Å². The summed E-state index contributed by atoms with van der Waals surface area (Å²) < 4.78 is 0.690. The van der Waals surface area contributed by atoms with Crippen LogP contribution in [0.5, 0.6) is 0 Å². The Balaban J connectivity index is 2.25. The van der Waals surface area contributed by atoms with Crippen molar-refractivity contribution in [1.29, 1.82) is 0 Å². The average Bonchev–Trinajstić information content (AvgIpc) is 2.78. The van der Waals surface area contributed by atoms with Crippen LogP contribution in [0.1, 0.15) is 32.1 Å². The molecule has 1 aliphatic rings. The van der Waals surface area contributed by atoms with E-state index >= 15 is 0 Å². The summed E-state index contributed by atoms with van der Waals surface area (Å²) in [7, 11) is 0. The van der Waals surface area contributed by atoms with Gasteiger partial charge in [0.1, 0.15) is 11.6 Å². The summed E-state index contributed by atoms with van der Waals surface area (Å²) in [6.07, 6.45) is 0.575. The molecule has 1 N–H and O–H groups in total. The molecule has 0 aliphatic carbocycles. The Morgan fingerprint density at radius 3 is 2.68 bits per heavy atom. The molecule has 104 valence electrons. The van der Waals surface area contributed by atoms with E-state index in [1.165, 1.54) is 11.3 Å². The fourth-order valence-electron chi connectivity index (χ4n) is 2.12. The maximum Gasteiger partial charge on any atom is 0.249 e. The SMILES string of the molecule is CCC1(C)NC(=O)C(C)N(Cc2ccc(Cl)s2)C1=O. The van der Waals surface area contributed by atoms with Gasteiger partial charge in [-0.15, -0.1) is 11.3 Å². The zero-order valence-electron chi connectivity index (χ0n) is 11.2. The lowest BCUT2D eigenvalue weighted by Crippen LogP contribution is -2.67. The van der Waals surface area contributed by atoms with Crippen molar-refractivity contribution in [3.05, 3.63) is 21.3 Å². The molecule has 0 saturated carbocycles. The van der Waals surface area contributed by atoms with E-state index in [2.05, 4.69) is 5.32 Å². The predicted octanol–water partition coefficient (Wildman–Crippen LogP) is 2.42. The number of nitrogens with zero attached hydrogens (tertiary/aromatic N) is 1. The van der Waals surface area contributed by atoms with Crippen molar-refractivity contribution in [3.8, 4) is 0 Å². The van der Waals surface area contributed by atoms with Crippen molar-refractivity contribution < 1.29 is 9.59 Å². The molecule has 2 heterocycles. The topological polar surface area (TPSA) is 49.4 Å². The molecule has 2 amide bonds. The van der Waals surface area contributed by atoms with E-state index in [0.29, 0.717) is 17.3 Å². The molecular weight excluding hydrogens is 284 g/mol. The van der Waals surface area contributed by atoms with Gasteiger partial charge in [0.25, 0.3) is 0 Å². The van der Waals surface area contributed by atoms with E-state index < -0.39 is 11.6 Å². The largest absolute Gasteiger partial charge is 0.340 e. The van der Waals surface area contributed by atoms with Crippen LogP contribution in [-0.4, -0.2) is 28.3 Å². The first kappa shape index (κ1) is 14.3. The van der Waals surface area contributed by atoms with Crippen molar-refractivity contribution in [1.82, 2.24) is 10.2 Å². The van der Waals surface area contributed by atoms with Gasteiger partial charge in [-0.25, -0.2) is 0 Å². The molecule has 0 bridgehead atoms. The number of carbonyl (C=O) groups is 2. The Morgan fingerprint density at radius 1 is 1.47 bits per heavy atom. The lowest BCUT2D eigenvalue weighted by atomic mass is 9.92. The lowest BCUT2D eigenvalue weighted by Gasteiger charge is -2.42. The Hall–Kier alpha value is -1.07. The number of amides is 2. The summed E-state index contributed by atoms with van der Waals surface area (Å²) >= 11 is 7.33. The predicted molar refractivity (Wildman–Crippen MR) is 76.2 cm³/mol. The molecule has 1 saturated heterocycles. The third kappa shape index (κ3) is 2.62. The van der Waals surface area contributed by atoms with Crippen molar-refractivity contribution >= 4 is 34.8 Å². The van der Waals surface area contributed by atoms with E-state index in [4.69, 9.17) is 11.6 Å². The van der Waals surface area contributed by atoms with E-state index in [9.17, 15) is 9.59 Å². The zero-order valence-corrected chi connectivity index (χ0v) is 12.8. The van der Waals surface area contributed by atoms with Crippen LogP contribution < -0.4 is 5.32 Å². The standard InChI is InChI=1S/C13H17ClN2O2S/c1-4-13(3)12(18)16(8(2)11(17)15-13)7-9-5-6-10(14)19-9/h5-6,8H,4,7H2,1-3H3,(H,15,17). The normalized spacial score (nSPS) is 27.6. The smallest absolute Gasteiger partial charge is 0.249 e. The highest BCUT2D eigenvalue weighted by atomic mass is 35.5. The van der Waals surface area contributed by atoms with Crippen LogP contribution in [0.3, 0.4) is 0 Å². The van der Waals surface area contributed by atoms with Gasteiger partial charge in [0.05, 0.1) is 10.9 Å². The minimum absolute atomic E-state index is 0.0355. The second-order valence-electron chi connectivity index (χ2n) is 4.99. The van der Waals surface area contributed by atoms with Crippen LogP contribution in [-0.2, 0) is 16.1 Å². The molecule has 0 aromatic carbocycles. The first-order valence-electron chi connectivity index (χ1n) is 6.24. The molecule has 1 fully saturated rings. The zero-order chi connectivity index (χ0) is 14.2. The first-order valence-corrected chi connectivity index (χ1v) is 7.44. The van der Waals surface area contributed by atoms with Crippen molar-refractivity contribution in [2.45, 2.75) is 45.3 Å². The van der Waals surface area contributed by atoms with Crippen molar-refractivity contribution in [2.24, 2.45) is 0 Å². The summed E-state index contributed by atoms with van der Waals surface area (Å²) in [6, 6.07) is 3.25. The van der Waals surface area contributed by atoms with Crippen molar-refractivity contribution in [3.63, 3.8) is 0 Å². The van der Waals surface area contributed by atoms with Crippen molar-refractivity contribution in [2.75, 3.05) is 0 Å². The number of piperazine rings is 1. The molecule has 19 heavy (non-hydrogen) atoms. The Bertz CT molecular complexity index is 516. The fourth-order valence-corrected chi connectivity index (χ4v) is 3.20. The maximum absolute atomic E-state index is 12.5. The third-order valence-corrected chi connectivity index (χ3v) is 4.86. The van der Waals surface area contributed by atoms with Gasteiger partial charge in [-0.1, -0.05) is 18.5 Å². The van der Waals surface area contributed by atoms with E-state index in [1.54, 1.807) is 24.8 Å². The highest BCUT2D eigenvalue weighted by Crippen LogP contribution is 2.27. The molecule has 2 unspecified atom stereocenters. The van der Waals surface area contributed by atoms with Gasteiger partial charge >= 0.3 is 0 Å². The van der Waals surface area contributed by atoms with E-state index in [0.717, 1.165) is 4.88 Å². The second-order valence-corrected chi connectivity index (χ2v) is 6.79. The van der Waals surface area contributed by atoms with E-state index in [1.807, 2.05) is 13.0 Å². The summed E-state index contributed by atoms with van der Waals surface area (Å²) in [4.78, 5) is 27.1. The minimum Gasteiger partial charge on any atom is -0.340 e. The number of thiophene rings is 1. The molecule has 1 aromatic rings. The van der Waals surface area contributed by atoms with Crippen LogP contribution >= 0.6 is 22.9 Å². The Kier molecular flexibility index (Phi) is 3.87. The minimum atomic E-state index is -0.801. The molecule has 1 aromatic heterocycles. The van der Waals surface area contributed by atoms with Gasteiger partial charge in [0, 0.05) is 4.88 Å². The average molecular weight is 301 g/mol. The van der Waals surface area contributed by atoms with Gasteiger partial charge in [-0.2, -0.15) is 0 Å². The molecule has 4 nitrogen and oxygen atoms in total. The van der Waals surface area contributed by atoms with E-state index in [-0.39, 0.29) is 11.8 Å². The van der Waals surface area contributed by atoms with Crippen LogP contribution in [0.25, 0.3) is 0 Å². The summed E-state index contributed by atoms with van der Waals surface area (Å²) in [5.41, 5.74) is -0.801. The number of rotatable bonds is 3. The number of nitrogens with one attached hydrogen (secondary N) is 1. The Labute approximate surface area is 121 Å². The van der Waals surface area contributed by atoms with Gasteiger partial charge in [-0.3, -0.25) is 9.59 Å². The van der Waals surface area contributed by atoms with Gasteiger partial charge in [-0.05, 0) is 32.4 Å². The monoisotopic (exact) mass is 300 g/mol. The molecule has 2 atom stereocenters. The third-order valence-electron chi connectivity index (χ3n) is 3.64. The second kappa shape index (κ2) is 5.13. The summed E-state index contributed by atoms with van der Waals surface area (Å²) in [5.74, 6) is -0.141. The quantitative estimate of drug-likeness (QED) is 0.932. The molecule has 0 spiro atoms. The van der Waals surface area contributed by atoms with Crippen LogP contribution in [0.15, 0.2) is 12.1 Å². The summed E-state index contributed by atoms with van der Waals surface area (Å²) in [6.45, 7) is 5.85. The molecule has 6 heteroatoms. The number of carbonyl (C=O) groups excluding carboxylic acids is 2. The van der Waals surface area contributed by atoms with Crippen LogP contribution in [0.2, 0.25) is 4.34 Å². The molecular formula is C13H17ClN2O2S.